The first-order valence-corrected chi connectivity index (χ1v) is 10.2. The summed E-state index contributed by atoms with van der Waals surface area (Å²) in [7, 11) is -3.75. The van der Waals surface area contributed by atoms with E-state index in [2.05, 4.69) is 10.0 Å². The predicted molar refractivity (Wildman–Crippen MR) is 98.4 cm³/mol. The van der Waals surface area contributed by atoms with Crippen LogP contribution in [0.5, 0.6) is 0 Å². The van der Waals surface area contributed by atoms with Crippen LogP contribution in [0.4, 0.5) is 18.9 Å². The fraction of sp³-hybridized carbons (Fsp3) is 0.316. The van der Waals surface area contributed by atoms with Gasteiger partial charge in [0.25, 0.3) is 5.91 Å². The van der Waals surface area contributed by atoms with Gasteiger partial charge >= 0.3 is 6.18 Å². The molecule has 2 N–H and O–H groups in total. The Balaban J connectivity index is 1.73. The van der Waals surface area contributed by atoms with Crippen LogP contribution < -0.4 is 10.0 Å². The molecule has 2 aromatic carbocycles. The summed E-state index contributed by atoms with van der Waals surface area (Å²) in [5, 5.41) is 2.47. The van der Waals surface area contributed by atoms with Crippen LogP contribution >= 0.6 is 0 Å². The Morgan fingerprint density at radius 3 is 2.25 bits per heavy atom. The number of sulfonamides is 1. The molecule has 0 unspecified atom stereocenters. The van der Waals surface area contributed by atoms with Crippen LogP contribution in [-0.2, 0) is 16.2 Å². The minimum Gasteiger partial charge on any atom is -0.322 e. The quantitative estimate of drug-likeness (QED) is 0.774. The Morgan fingerprint density at radius 2 is 1.64 bits per heavy atom. The van der Waals surface area contributed by atoms with E-state index in [1.807, 2.05) is 0 Å². The average Bonchev–Trinajstić information content (AvgIpc) is 3.14. The summed E-state index contributed by atoms with van der Waals surface area (Å²) in [4.78, 5) is 12.3. The Labute approximate surface area is 161 Å². The molecule has 1 saturated carbocycles. The first-order chi connectivity index (χ1) is 13.1. The summed E-state index contributed by atoms with van der Waals surface area (Å²) in [5.41, 5.74) is -0.555. The number of anilines is 1. The molecule has 0 radical (unpaired) electrons. The summed E-state index contributed by atoms with van der Waals surface area (Å²) >= 11 is 0. The highest BCUT2D eigenvalue weighted by Crippen LogP contribution is 2.30. The van der Waals surface area contributed by atoms with Gasteiger partial charge in [-0.25, -0.2) is 13.1 Å². The number of amides is 1. The molecule has 1 aliphatic rings. The predicted octanol–water partition coefficient (Wildman–Crippen LogP) is 4.18. The van der Waals surface area contributed by atoms with E-state index in [0.717, 1.165) is 49.9 Å². The van der Waals surface area contributed by atoms with Crippen molar-refractivity contribution in [2.24, 2.45) is 0 Å². The largest absolute Gasteiger partial charge is 0.416 e. The Morgan fingerprint density at radius 1 is 1.00 bits per heavy atom. The van der Waals surface area contributed by atoms with E-state index in [9.17, 15) is 26.4 Å². The number of rotatable bonds is 5. The second-order valence-electron chi connectivity index (χ2n) is 6.66. The third-order valence-electron chi connectivity index (χ3n) is 4.55. The number of hydrogen-bond donors (Lipinski definition) is 2. The molecule has 0 aliphatic heterocycles. The molecule has 1 fully saturated rings. The minimum atomic E-state index is -4.46. The summed E-state index contributed by atoms with van der Waals surface area (Å²) in [6.07, 6.45) is -0.941. The first kappa shape index (κ1) is 20.3. The van der Waals surface area contributed by atoms with Crippen LogP contribution in [0.2, 0.25) is 0 Å². The normalized spacial score (nSPS) is 15.5. The molecule has 9 heteroatoms. The maximum absolute atomic E-state index is 12.6. The van der Waals surface area contributed by atoms with E-state index in [1.165, 1.54) is 24.3 Å². The van der Waals surface area contributed by atoms with Crippen LogP contribution in [0.25, 0.3) is 0 Å². The van der Waals surface area contributed by atoms with Gasteiger partial charge in [0.1, 0.15) is 0 Å². The number of hydrogen-bond acceptors (Lipinski definition) is 3. The second kappa shape index (κ2) is 7.92. The first-order valence-electron chi connectivity index (χ1n) is 8.76. The van der Waals surface area contributed by atoms with E-state index in [0.29, 0.717) is 0 Å². The van der Waals surface area contributed by atoms with Crippen LogP contribution in [0.15, 0.2) is 53.4 Å². The third kappa shape index (κ3) is 4.90. The number of halogens is 3. The molecule has 5 nitrogen and oxygen atoms in total. The molecule has 0 saturated heterocycles. The van der Waals surface area contributed by atoms with Crippen molar-refractivity contribution in [2.75, 3.05) is 5.32 Å². The Hall–Kier alpha value is -2.39. The minimum absolute atomic E-state index is 0.0283. The number of carbonyl (C=O) groups excluding carboxylic acids is 1. The molecule has 150 valence electrons. The summed E-state index contributed by atoms with van der Waals surface area (Å²) in [6, 6.07) is 9.44. The molecule has 1 aliphatic carbocycles. The monoisotopic (exact) mass is 412 g/mol. The zero-order valence-corrected chi connectivity index (χ0v) is 15.6. The lowest BCUT2D eigenvalue weighted by molar-refractivity contribution is -0.137. The van der Waals surface area contributed by atoms with E-state index in [-0.39, 0.29) is 22.2 Å². The smallest absolute Gasteiger partial charge is 0.322 e. The highest BCUT2D eigenvalue weighted by Gasteiger charge is 2.30. The van der Waals surface area contributed by atoms with Gasteiger partial charge in [-0.1, -0.05) is 18.9 Å². The van der Waals surface area contributed by atoms with Crippen LogP contribution in [0.3, 0.4) is 0 Å². The van der Waals surface area contributed by atoms with Gasteiger partial charge < -0.3 is 5.32 Å². The highest BCUT2D eigenvalue weighted by atomic mass is 32.2. The van der Waals surface area contributed by atoms with Crippen molar-refractivity contribution in [1.82, 2.24) is 4.72 Å². The molecule has 0 aromatic heterocycles. The maximum atomic E-state index is 12.6. The van der Waals surface area contributed by atoms with Crippen molar-refractivity contribution in [1.29, 1.82) is 0 Å². The van der Waals surface area contributed by atoms with Crippen LogP contribution in [-0.4, -0.2) is 20.4 Å². The average molecular weight is 412 g/mol. The molecular weight excluding hydrogens is 393 g/mol. The van der Waals surface area contributed by atoms with Crippen LogP contribution in [0.1, 0.15) is 41.6 Å². The van der Waals surface area contributed by atoms with Crippen molar-refractivity contribution >= 4 is 21.6 Å². The second-order valence-corrected chi connectivity index (χ2v) is 8.37. The van der Waals surface area contributed by atoms with Crippen molar-refractivity contribution in [3.05, 3.63) is 59.7 Å². The lowest BCUT2D eigenvalue weighted by Crippen LogP contribution is -2.32. The van der Waals surface area contributed by atoms with Gasteiger partial charge in [-0.3, -0.25) is 4.79 Å². The third-order valence-corrected chi connectivity index (χ3v) is 6.07. The van der Waals surface area contributed by atoms with Gasteiger partial charge in [-0.15, -0.1) is 0 Å². The van der Waals surface area contributed by atoms with Gasteiger partial charge in [0.15, 0.2) is 0 Å². The maximum Gasteiger partial charge on any atom is 0.416 e. The van der Waals surface area contributed by atoms with Gasteiger partial charge in [-0.05, 0) is 55.3 Å². The molecule has 2 aromatic rings. The number of nitrogens with one attached hydrogen (secondary N) is 2. The lowest BCUT2D eigenvalue weighted by Gasteiger charge is -2.13. The topological polar surface area (TPSA) is 75.3 Å². The Kier molecular flexibility index (Phi) is 5.76. The molecular formula is C19H19F3N2O3S. The van der Waals surface area contributed by atoms with E-state index >= 15 is 0 Å². The van der Waals surface area contributed by atoms with Crippen molar-refractivity contribution < 1.29 is 26.4 Å². The van der Waals surface area contributed by atoms with Crippen LogP contribution in [0, 0.1) is 0 Å². The fourth-order valence-electron chi connectivity index (χ4n) is 3.08. The zero-order valence-electron chi connectivity index (χ0n) is 14.8. The molecule has 0 bridgehead atoms. The molecule has 3 rings (SSSR count). The Bertz CT molecular complexity index is 951. The summed E-state index contributed by atoms with van der Waals surface area (Å²) in [6.45, 7) is 0. The molecule has 0 atom stereocenters. The van der Waals surface area contributed by atoms with E-state index in [1.54, 1.807) is 0 Å². The summed E-state index contributed by atoms with van der Waals surface area (Å²) < 4.78 is 65.4. The number of carbonyl (C=O) groups is 1. The van der Waals surface area contributed by atoms with Crippen molar-refractivity contribution in [3.63, 3.8) is 0 Å². The molecule has 0 spiro atoms. The van der Waals surface area contributed by atoms with E-state index < -0.39 is 27.7 Å². The fourth-order valence-corrected chi connectivity index (χ4v) is 4.43. The van der Waals surface area contributed by atoms with Crippen molar-refractivity contribution in [3.8, 4) is 0 Å². The SMILES string of the molecule is O=C(Nc1ccc(C(F)(F)F)cc1)c1cccc(S(=O)(=O)NC2CCCC2)c1. The van der Waals surface area contributed by atoms with E-state index in [4.69, 9.17) is 0 Å². The summed E-state index contributed by atoms with van der Waals surface area (Å²) in [5.74, 6) is -0.613. The van der Waals surface area contributed by atoms with Crippen molar-refractivity contribution in [2.45, 2.75) is 42.8 Å². The lowest BCUT2D eigenvalue weighted by atomic mass is 10.2. The molecule has 1 amide bonds. The van der Waals surface area contributed by atoms with Gasteiger partial charge in [0, 0.05) is 17.3 Å². The van der Waals surface area contributed by atoms with Gasteiger partial charge in [0.05, 0.1) is 10.5 Å². The standard InChI is InChI=1S/C19H19F3N2O3S/c20-19(21,22)14-8-10-15(11-9-14)23-18(25)13-4-3-7-17(12-13)28(26,27)24-16-5-1-2-6-16/h3-4,7-12,16,24H,1-2,5-6H2,(H,23,25). The van der Waals surface area contributed by atoms with Gasteiger partial charge in [0.2, 0.25) is 10.0 Å². The molecule has 0 heterocycles. The number of benzene rings is 2. The highest BCUT2D eigenvalue weighted by molar-refractivity contribution is 7.89. The van der Waals surface area contributed by atoms with Gasteiger partial charge in [-0.2, -0.15) is 13.2 Å². The zero-order chi connectivity index (χ0) is 20.4. The number of alkyl halides is 3. The molecule has 28 heavy (non-hydrogen) atoms.